The zero-order chi connectivity index (χ0) is 21.0. The molecule has 0 amide bonds. The maximum atomic E-state index is 14.9. The number of sulfone groups is 1. The lowest BCUT2D eigenvalue weighted by atomic mass is 10.2. The molecule has 0 aliphatic heterocycles. The van der Waals surface area contributed by atoms with Crippen molar-refractivity contribution in [2.24, 2.45) is 0 Å². The van der Waals surface area contributed by atoms with E-state index in [-0.39, 0.29) is 23.1 Å². The molecule has 2 aromatic carbocycles. The van der Waals surface area contributed by atoms with Gasteiger partial charge in [-0.05, 0) is 23.8 Å². The third-order valence-corrected chi connectivity index (χ3v) is 4.78. The first-order valence-electron chi connectivity index (χ1n) is 8.23. The van der Waals surface area contributed by atoms with Crippen LogP contribution in [0.3, 0.4) is 0 Å². The molecule has 29 heavy (non-hydrogen) atoms. The van der Waals surface area contributed by atoms with Crippen LogP contribution in [0.15, 0.2) is 65.8 Å². The summed E-state index contributed by atoms with van der Waals surface area (Å²) in [6.07, 6.45) is 2.12. The lowest BCUT2D eigenvalue weighted by molar-refractivity contribution is -0.386. The van der Waals surface area contributed by atoms with Gasteiger partial charge >= 0.3 is 5.69 Å². The number of pyridine rings is 1. The SMILES string of the molecule is CS(=O)(=O)c1ccc(Oc2ccc([N+](=O)[O-])c(OCc3ccccc3)c2F)cn1. The van der Waals surface area contributed by atoms with Crippen LogP contribution in [0, 0.1) is 15.9 Å². The highest BCUT2D eigenvalue weighted by Crippen LogP contribution is 2.38. The van der Waals surface area contributed by atoms with Crippen LogP contribution in [0.4, 0.5) is 10.1 Å². The molecular formula is C19H15FN2O6S. The first-order valence-corrected chi connectivity index (χ1v) is 10.1. The molecule has 10 heteroatoms. The van der Waals surface area contributed by atoms with E-state index in [0.29, 0.717) is 5.56 Å². The molecule has 3 aromatic rings. The van der Waals surface area contributed by atoms with E-state index in [1.54, 1.807) is 30.3 Å². The van der Waals surface area contributed by atoms with Gasteiger partial charge in [0.2, 0.25) is 11.6 Å². The van der Waals surface area contributed by atoms with Crippen molar-refractivity contribution in [3.8, 4) is 17.2 Å². The Kier molecular flexibility index (Phi) is 5.74. The van der Waals surface area contributed by atoms with E-state index >= 15 is 0 Å². The molecule has 1 aromatic heterocycles. The van der Waals surface area contributed by atoms with Crippen molar-refractivity contribution >= 4 is 15.5 Å². The van der Waals surface area contributed by atoms with E-state index in [2.05, 4.69) is 4.98 Å². The number of benzene rings is 2. The van der Waals surface area contributed by atoms with Crippen LogP contribution in [-0.4, -0.2) is 24.6 Å². The Balaban J connectivity index is 1.88. The Morgan fingerprint density at radius 3 is 2.41 bits per heavy atom. The van der Waals surface area contributed by atoms with E-state index < -0.39 is 32.0 Å². The minimum atomic E-state index is -3.49. The molecule has 0 unspecified atom stereocenters. The smallest absolute Gasteiger partial charge is 0.314 e. The Labute approximate surface area is 165 Å². The maximum Gasteiger partial charge on any atom is 0.314 e. The van der Waals surface area contributed by atoms with Crippen LogP contribution in [0.25, 0.3) is 0 Å². The molecule has 0 atom stereocenters. The summed E-state index contributed by atoms with van der Waals surface area (Å²) in [7, 11) is -3.49. The maximum absolute atomic E-state index is 14.9. The summed E-state index contributed by atoms with van der Waals surface area (Å²) < 4.78 is 48.5. The molecule has 0 N–H and O–H groups in total. The summed E-state index contributed by atoms with van der Waals surface area (Å²) >= 11 is 0. The van der Waals surface area contributed by atoms with Crippen molar-refractivity contribution in [1.82, 2.24) is 4.98 Å². The Bertz CT molecular complexity index is 1140. The van der Waals surface area contributed by atoms with Gasteiger partial charge in [-0.25, -0.2) is 13.4 Å². The van der Waals surface area contributed by atoms with Gasteiger partial charge in [0.15, 0.2) is 20.6 Å². The van der Waals surface area contributed by atoms with E-state index in [0.717, 1.165) is 24.6 Å². The van der Waals surface area contributed by atoms with Crippen LogP contribution in [-0.2, 0) is 16.4 Å². The van der Waals surface area contributed by atoms with E-state index in [1.165, 1.54) is 12.1 Å². The fourth-order valence-corrected chi connectivity index (χ4v) is 2.95. The second-order valence-electron chi connectivity index (χ2n) is 5.96. The van der Waals surface area contributed by atoms with Gasteiger partial charge in [0.25, 0.3) is 0 Å². The van der Waals surface area contributed by atoms with Crippen LogP contribution in [0.1, 0.15) is 5.56 Å². The van der Waals surface area contributed by atoms with Gasteiger partial charge in [-0.15, -0.1) is 0 Å². The monoisotopic (exact) mass is 418 g/mol. The highest BCUT2D eigenvalue weighted by atomic mass is 32.2. The third kappa shape index (κ3) is 4.85. The van der Waals surface area contributed by atoms with E-state index in [4.69, 9.17) is 9.47 Å². The number of hydrogen-bond donors (Lipinski definition) is 0. The summed E-state index contributed by atoms with van der Waals surface area (Å²) in [5.74, 6) is -1.88. The third-order valence-electron chi connectivity index (χ3n) is 3.78. The predicted octanol–water partition coefficient (Wildman–Crippen LogP) is 3.90. The number of ether oxygens (including phenoxy) is 2. The second-order valence-corrected chi connectivity index (χ2v) is 7.93. The fraction of sp³-hybridized carbons (Fsp3) is 0.105. The van der Waals surface area contributed by atoms with E-state index in [1.807, 2.05) is 0 Å². The van der Waals surface area contributed by atoms with Gasteiger partial charge < -0.3 is 9.47 Å². The minimum absolute atomic E-state index is 0.0548. The van der Waals surface area contributed by atoms with Gasteiger partial charge in [-0.3, -0.25) is 10.1 Å². The number of halogens is 1. The first kappa shape index (κ1) is 20.2. The summed E-state index contributed by atoms with van der Waals surface area (Å²) in [6.45, 7) is -0.0767. The Morgan fingerprint density at radius 1 is 1.10 bits per heavy atom. The molecule has 0 saturated heterocycles. The summed E-state index contributed by atoms with van der Waals surface area (Å²) in [5, 5.41) is 11.1. The number of rotatable bonds is 7. The van der Waals surface area contributed by atoms with Crippen molar-refractivity contribution in [1.29, 1.82) is 0 Å². The number of nitrogens with zero attached hydrogens (tertiary/aromatic N) is 2. The van der Waals surface area contributed by atoms with Crippen molar-refractivity contribution in [2.75, 3.05) is 6.26 Å². The van der Waals surface area contributed by atoms with Gasteiger partial charge in [-0.2, -0.15) is 4.39 Å². The molecule has 8 nitrogen and oxygen atoms in total. The molecule has 0 saturated carbocycles. The number of aromatic nitrogens is 1. The normalized spacial score (nSPS) is 11.1. The molecule has 150 valence electrons. The molecule has 1 heterocycles. The van der Waals surface area contributed by atoms with E-state index in [9.17, 15) is 22.9 Å². The zero-order valence-corrected chi connectivity index (χ0v) is 15.9. The Morgan fingerprint density at radius 2 is 1.83 bits per heavy atom. The summed E-state index contributed by atoms with van der Waals surface area (Å²) in [6, 6.07) is 13.5. The summed E-state index contributed by atoms with van der Waals surface area (Å²) in [5.41, 5.74) is 0.157. The molecular weight excluding hydrogens is 403 g/mol. The average Bonchev–Trinajstić information content (AvgIpc) is 2.69. The van der Waals surface area contributed by atoms with Crippen molar-refractivity contribution in [3.05, 3.63) is 82.3 Å². The number of hydrogen-bond acceptors (Lipinski definition) is 7. The van der Waals surface area contributed by atoms with Crippen molar-refractivity contribution in [3.63, 3.8) is 0 Å². The van der Waals surface area contributed by atoms with Crippen LogP contribution >= 0.6 is 0 Å². The zero-order valence-electron chi connectivity index (χ0n) is 15.1. The first-order chi connectivity index (χ1) is 13.8. The lowest BCUT2D eigenvalue weighted by Crippen LogP contribution is -2.03. The molecule has 0 fully saturated rings. The van der Waals surface area contributed by atoms with Crippen molar-refractivity contribution < 1.29 is 27.2 Å². The highest BCUT2D eigenvalue weighted by Gasteiger charge is 2.24. The second kappa shape index (κ2) is 8.23. The summed E-state index contributed by atoms with van der Waals surface area (Å²) in [4.78, 5) is 14.2. The highest BCUT2D eigenvalue weighted by molar-refractivity contribution is 7.90. The molecule has 0 radical (unpaired) electrons. The average molecular weight is 418 g/mol. The topological polar surface area (TPSA) is 109 Å². The van der Waals surface area contributed by atoms with Crippen LogP contribution in [0.2, 0.25) is 0 Å². The molecule has 0 spiro atoms. The number of nitro benzene ring substituents is 1. The molecule has 3 rings (SSSR count). The van der Waals surface area contributed by atoms with Gasteiger partial charge in [0.1, 0.15) is 12.4 Å². The fourth-order valence-electron chi connectivity index (χ4n) is 2.39. The molecule has 0 aliphatic rings. The molecule has 0 bridgehead atoms. The largest absolute Gasteiger partial charge is 0.480 e. The van der Waals surface area contributed by atoms with Crippen molar-refractivity contribution in [2.45, 2.75) is 11.6 Å². The lowest BCUT2D eigenvalue weighted by Gasteiger charge is -2.12. The predicted molar refractivity (Wildman–Crippen MR) is 101 cm³/mol. The number of nitro groups is 1. The standard InChI is InChI=1S/C19H15FN2O6S/c1-29(25,26)17-10-7-14(11-21-17)28-16-9-8-15(22(23)24)19(18(16)20)27-12-13-5-3-2-4-6-13/h2-11H,12H2,1H3. The minimum Gasteiger partial charge on any atom is -0.480 e. The van der Waals surface area contributed by atoms with Crippen LogP contribution in [0.5, 0.6) is 17.2 Å². The molecule has 0 aliphatic carbocycles. The van der Waals surface area contributed by atoms with Crippen LogP contribution < -0.4 is 9.47 Å². The van der Waals surface area contributed by atoms with Gasteiger partial charge in [-0.1, -0.05) is 30.3 Å². The van der Waals surface area contributed by atoms with Gasteiger partial charge in [0, 0.05) is 12.3 Å². The van der Waals surface area contributed by atoms with Gasteiger partial charge in [0.05, 0.1) is 11.1 Å². The Hall–Kier alpha value is -3.53. The quantitative estimate of drug-likeness (QED) is 0.423.